The van der Waals surface area contributed by atoms with Gasteiger partial charge in [-0.2, -0.15) is 10.2 Å². The number of aliphatic hydroxyl groups is 1. The molecule has 4 heterocycles. The molecular formula is C27H46B2N4O6. The van der Waals surface area contributed by atoms with Crippen molar-refractivity contribution in [2.75, 3.05) is 20.3 Å². The molecular weight excluding hydrogens is 498 g/mol. The van der Waals surface area contributed by atoms with Gasteiger partial charge in [0, 0.05) is 29.4 Å². The standard InChI is InChI=1S/C27H46B2N4O6/c1-18-22(20(3)32(30-18)15-17-35-11)28-38-26(8,9)27(10,39-28)13-12-21-23(19(2)31-33(21)14-16-34)29-36-24(4,5)25(6,7)37-29/h34H,12-17H2,1-11H3. The van der Waals surface area contributed by atoms with Crippen molar-refractivity contribution in [1.29, 1.82) is 0 Å². The van der Waals surface area contributed by atoms with Crippen LogP contribution in [0.15, 0.2) is 0 Å². The highest BCUT2D eigenvalue weighted by Crippen LogP contribution is 2.41. The molecule has 12 heteroatoms. The van der Waals surface area contributed by atoms with E-state index in [9.17, 15) is 5.11 Å². The van der Waals surface area contributed by atoms with E-state index in [-0.39, 0.29) is 6.61 Å². The normalized spacial score (nSPS) is 23.8. The van der Waals surface area contributed by atoms with Crippen LogP contribution in [-0.2, 0) is 42.9 Å². The molecule has 1 N–H and O–H groups in total. The Balaban J connectivity index is 1.61. The van der Waals surface area contributed by atoms with E-state index in [4.69, 9.17) is 33.6 Å². The molecule has 2 aromatic rings. The molecule has 39 heavy (non-hydrogen) atoms. The van der Waals surface area contributed by atoms with Gasteiger partial charge in [0.2, 0.25) is 0 Å². The summed E-state index contributed by atoms with van der Waals surface area (Å²) in [5.41, 5.74) is 3.57. The van der Waals surface area contributed by atoms with Gasteiger partial charge in [0.25, 0.3) is 0 Å². The summed E-state index contributed by atoms with van der Waals surface area (Å²) in [5.74, 6) is 0. The van der Waals surface area contributed by atoms with Gasteiger partial charge >= 0.3 is 14.2 Å². The minimum atomic E-state index is -0.597. The highest BCUT2D eigenvalue weighted by atomic mass is 16.7. The summed E-state index contributed by atoms with van der Waals surface area (Å²) in [6.07, 6.45) is 1.33. The second kappa shape index (κ2) is 10.6. The van der Waals surface area contributed by atoms with Gasteiger partial charge in [-0.25, -0.2) is 0 Å². The molecule has 0 amide bonds. The summed E-state index contributed by atoms with van der Waals surface area (Å²) in [5, 5.41) is 19.2. The van der Waals surface area contributed by atoms with Crippen LogP contribution < -0.4 is 10.9 Å². The van der Waals surface area contributed by atoms with Crippen LogP contribution in [-0.4, -0.2) is 81.6 Å². The molecule has 1 atom stereocenters. The van der Waals surface area contributed by atoms with Crippen LogP contribution in [0.2, 0.25) is 0 Å². The van der Waals surface area contributed by atoms with Crippen LogP contribution in [0.5, 0.6) is 0 Å². The molecule has 0 saturated carbocycles. The molecule has 0 bridgehead atoms. The number of nitrogens with zero attached hydrogens (tertiary/aromatic N) is 4. The first-order chi connectivity index (χ1) is 18.1. The summed E-state index contributed by atoms with van der Waals surface area (Å²) in [6, 6.07) is 0. The lowest BCUT2D eigenvalue weighted by Gasteiger charge is -2.36. The van der Waals surface area contributed by atoms with Crippen molar-refractivity contribution in [2.45, 2.75) is 118 Å². The Kier molecular flexibility index (Phi) is 8.24. The van der Waals surface area contributed by atoms with Crippen LogP contribution >= 0.6 is 0 Å². The number of aromatic nitrogens is 4. The zero-order valence-electron chi connectivity index (χ0n) is 25.7. The Morgan fingerprint density at radius 2 is 1.31 bits per heavy atom. The first-order valence-electron chi connectivity index (χ1n) is 14.0. The Morgan fingerprint density at radius 3 is 1.90 bits per heavy atom. The van der Waals surface area contributed by atoms with Crippen molar-refractivity contribution in [3.05, 3.63) is 22.8 Å². The smallest absolute Gasteiger partial charge is 0.399 e. The molecule has 0 spiro atoms. The van der Waals surface area contributed by atoms with Gasteiger partial charge in [0.1, 0.15) is 0 Å². The highest BCUT2D eigenvalue weighted by Gasteiger charge is 2.56. The average molecular weight is 544 g/mol. The average Bonchev–Trinajstić information content (AvgIpc) is 3.43. The fourth-order valence-corrected chi connectivity index (χ4v) is 5.53. The number of ether oxygens (including phenoxy) is 1. The third-order valence-corrected chi connectivity index (χ3v) is 9.15. The van der Waals surface area contributed by atoms with Crippen LogP contribution in [0.25, 0.3) is 0 Å². The monoisotopic (exact) mass is 544 g/mol. The van der Waals surface area contributed by atoms with E-state index >= 15 is 0 Å². The number of rotatable bonds is 10. The first kappa shape index (κ1) is 30.3. The van der Waals surface area contributed by atoms with E-state index < -0.39 is 36.6 Å². The van der Waals surface area contributed by atoms with E-state index in [0.29, 0.717) is 32.5 Å². The highest BCUT2D eigenvalue weighted by molar-refractivity contribution is 6.63. The number of aryl methyl sites for hydroxylation is 2. The van der Waals surface area contributed by atoms with Gasteiger partial charge in [-0.15, -0.1) is 0 Å². The zero-order chi connectivity index (χ0) is 29.0. The number of hydrogen-bond acceptors (Lipinski definition) is 8. The van der Waals surface area contributed by atoms with Crippen LogP contribution in [0.4, 0.5) is 0 Å². The SMILES string of the molecule is COCCn1nc(C)c(B2OC(C)(C)C(C)(CCc3c(B4OC(C)(C)C(C)(C)O4)c(C)nn3CCO)O2)c1C. The zero-order valence-corrected chi connectivity index (χ0v) is 25.7. The minimum absolute atomic E-state index is 0.00696. The molecule has 1 unspecified atom stereocenters. The molecule has 2 aliphatic heterocycles. The molecule has 216 valence electrons. The van der Waals surface area contributed by atoms with Gasteiger partial charge in [-0.3, -0.25) is 9.36 Å². The number of methoxy groups -OCH3 is 1. The van der Waals surface area contributed by atoms with Gasteiger partial charge in [0.15, 0.2) is 0 Å². The van der Waals surface area contributed by atoms with E-state index in [1.54, 1.807) is 7.11 Å². The third-order valence-electron chi connectivity index (χ3n) is 9.15. The quantitative estimate of drug-likeness (QED) is 0.453. The van der Waals surface area contributed by atoms with E-state index in [1.807, 2.05) is 30.1 Å². The molecule has 2 aliphatic rings. The maximum absolute atomic E-state index is 9.77. The molecule has 0 aliphatic carbocycles. The fourth-order valence-electron chi connectivity index (χ4n) is 5.53. The Morgan fingerprint density at radius 1 is 0.769 bits per heavy atom. The topological polar surface area (TPSA) is 102 Å². The van der Waals surface area contributed by atoms with Crippen LogP contribution in [0.1, 0.15) is 77.7 Å². The predicted molar refractivity (Wildman–Crippen MR) is 152 cm³/mol. The predicted octanol–water partition coefficient (Wildman–Crippen LogP) is 1.85. The molecule has 10 nitrogen and oxygen atoms in total. The van der Waals surface area contributed by atoms with E-state index in [2.05, 4.69) is 48.5 Å². The summed E-state index contributed by atoms with van der Waals surface area (Å²) in [7, 11) is 0.638. The van der Waals surface area contributed by atoms with E-state index in [1.165, 1.54) is 0 Å². The molecule has 2 fully saturated rings. The molecule has 2 saturated heterocycles. The molecule has 0 aromatic carbocycles. The lowest BCUT2D eigenvalue weighted by atomic mass is 9.75. The van der Waals surface area contributed by atoms with Gasteiger partial charge in [0.05, 0.1) is 60.1 Å². The minimum Gasteiger partial charge on any atom is -0.399 e. The van der Waals surface area contributed by atoms with Gasteiger partial charge in [-0.1, -0.05) is 0 Å². The van der Waals surface area contributed by atoms with Crippen molar-refractivity contribution in [3.8, 4) is 0 Å². The summed E-state index contributed by atoms with van der Waals surface area (Å²) >= 11 is 0. The summed E-state index contributed by atoms with van der Waals surface area (Å²) in [4.78, 5) is 0. The van der Waals surface area contributed by atoms with Crippen LogP contribution in [0, 0.1) is 20.8 Å². The number of aliphatic hydroxyl groups excluding tert-OH is 1. The van der Waals surface area contributed by atoms with Crippen molar-refractivity contribution in [1.82, 2.24) is 19.6 Å². The molecule has 2 aromatic heterocycles. The van der Waals surface area contributed by atoms with Crippen molar-refractivity contribution in [3.63, 3.8) is 0 Å². The lowest BCUT2D eigenvalue weighted by molar-refractivity contribution is -0.0155. The van der Waals surface area contributed by atoms with Gasteiger partial charge in [-0.05, 0) is 82.1 Å². The Labute approximate surface area is 234 Å². The Hall–Kier alpha value is -1.69. The number of hydrogen-bond donors (Lipinski definition) is 1. The second-order valence-electron chi connectivity index (χ2n) is 12.6. The fraction of sp³-hybridized carbons (Fsp3) is 0.778. The van der Waals surface area contributed by atoms with Gasteiger partial charge < -0.3 is 28.5 Å². The second-order valence-corrected chi connectivity index (χ2v) is 12.6. The Bertz CT molecular complexity index is 1180. The molecule has 4 rings (SSSR count). The van der Waals surface area contributed by atoms with Crippen molar-refractivity contribution >= 4 is 25.2 Å². The molecule has 0 radical (unpaired) electrons. The maximum Gasteiger partial charge on any atom is 0.498 e. The van der Waals surface area contributed by atoms with Crippen LogP contribution in [0.3, 0.4) is 0 Å². The van der Waals surface area contributed by atoms with Crippen molar-refractivity contribution < 1.29 is 28.5 Å². The first-order valence-corrected chi connectivity index (χ1v) is 14.0. The van der Waals surface area contributed by atoms with E-state index in [0.717, 1.165) is 33.7 Å². The maximum atomic E-state index is 9.77. The largest absolute Gasteiger partial charge is 0.498 e. The third kappa shape index (κ3) is 5.36. The lowest BCUT2D eigenvalue weighted by Crippen LogP contribution is -2.46. The summed E-state index contributed by atoms with van der Waals surface area (Å²) in [6.45, 7) is 22.1. The van der Waals surface area contributed by atoms with Crippen molar-refractivity contribution in [2.24, 2.45) is 0 Å². The summed E-state index contributed by atoms with van der Waals surface area (Å²) < 4.78 is 35.2.